The standard InChI is InChI=1S/C16H32N4O.ClH/c1-16(17,18(2)3)15(21)20-11-7-14(8-12-20)13-5-9-19(4)10-6-13;/h13-14H,5-12,17H2,1-4H3;1H/t16-;/m0./s1. The highest BCUT2D eigenvalue weighted by molar-refractivity contribution is 5.85. The lowest BCUT2D eigenvalue weighted by Crippen LogP contribution is -2.62. The predicted molar refractivity (Wildman–Crippen MR) is 93.1 cm³/mol. The molecule has 2 fully saturated rings. The van der Waals surface area contributed by atoms with Gasteiger partial charge in [0.2, 0.25) is 0 Å². The predicted octanol–water partition coefficient (Wildman–Crippen LogP) is 1.23. The Balaban J connectivity index is 0.00000242. The van der Waals surface area contributed by atoms with Crippen molar-refractivity contribution < 1.29 is 4.79 Å². The zero-order valence-electron chi connectivity index (χ0n) is 14.5. The topological polar surface area (TPSA) is 52.8 Å². The number of hydrogen-bond donors (Lipinski definition) is 1. The Labute approximate surface area is 141 Å². The molecule has 22 heavy (non-hydrogen) atoms. The van der Waals surface area contributed by atoms with Gasteiger partial charge >= 0.3 is 0 Å². The number of rotatable bonds is 3. The molecule has 2 aliphatic heterocycles. The van der Waals surface area contributed by atoms with Crippen molar-refractivity contribution in [1.29, 1.82) is 0 Å². The van der Waals surface area contributed by atoms with E-state index in [0.29, 0.717) is 0 Å². The van der Waals surface area contributed by atoms with Crippen LogP contribution < -0.4 is 5.73 Å². The number of likely N-dealkylation sites (tertiary alicyclic amines) is 2. The van der Waals surface area contributed by atoms with E-state index < -0.39 is 5.66 Å². The third-order valence-corrected chi connectivity index (χ3v) is 5.62. The van der Waals surface area contributed by atoms with Crippen LogP contribution in [0.25, 0.3) is 0 Å². The number of piperidine rings is 2. The van der Waals surface area contributed by atoms with Crippen LogP contribution in [0.15, 0.2) is 0 Å². The molecule has 1 atom stereocenters. The molecule has 2 rings (SSSR count). The second-order valence-electron chi connectivity index (χ2n) is 7.31. The molecule has 2 N–H and O–H groups in total. The lowest BCUT2D eigenvalue weighted by atomic mass is 9.79. The Morgan fingerprint density at radius 2 is 1.45 bits per heavy atom. The molecule has 0 bridgehead atoms. The lowest BCUT2D eigenvalue weighted by molar-refractivity contribution is -0.143. The summed E-state index contributed by atoms with van der Waals surface area (Å²) in [5.74, 6) is 1.72. The first-order valence-corrected chi connectivity index (χ1v) is 8.26. The van der Waals surface area contributed by atoms with Crippen molar-refractivity contribution in [2.45, 2.75) is 38.3 Å². The fourth-order valence-electron chi connectivity index (χ4n) is 3.59. The average molecular weight is 333 g/mol. The SMILES string of the molecule is CN1CCC(C2CCN(C(=O)[C@@](C)(N)N(C)C)CC2)CC1.Cl. The van der Waals surface area contributed by atoms with Gasteiger partial charge in [-0.25, -0.2) is 0 Å². The van der Waals surface area contributed by atoms with E-state index in [4.69, 9.17) is 5.73 Å². The third kappa shape index (κ3) is 4.34. The monoisotopic (exact) mass is 332 g/mol. The molecule has 0 aliphatic carbocycles. The Kier molecular flexibility index (Phi) is 7.12. The van der Waals surface area contributed by atoms with Gasteiger partial charge < -0.3 is 15.5 Å². The summed E-state index contributed by atoms with van der Waals surface area (Å²) in [6, 6.07) is 0. The molecule has 0 aromatic heterocycles. The van der Waals surface area contributed by atoms with Crippen LogP contribution in [-0.2, 0) is 4.79 Å². The maximum atomic E-state index is 12.5. The van der Waals surface area contributed by atoms with Gasteiger partial charge in [-0.15, -0.1) is 12.4 Å². The molecule has 1 amide bonds. The Bertz CT molecular complexity index is 359. The summed E-state index contributed by atoms with van der Waals surface area (Å²) in [5, 5.41) is 0. The maximum absolute atomic E-state index is 12.5. The highest BCUT2D eigenvalue weighted by Gasteiger charge is 2.37. The summed E-state index contributed by atoms with van der Waals surface area (Å²) in [6.45, 7) is 6.00. The summed E-state index contributed by atoms with van der Waals surface area (Å²) in [4.78, 5) is 18.7. The molecule has 2 saturated heterocycles. The molecule has 0 spiro atoms. The first kappa shape index (κ1) is 19.7. The maximum Gasteiger partial charge on any atom is 0.257 e. The van der Waals surface area contributed by atoms with Gasteiger partial charge in [0.05, 0.1) is 0 Å². The molecule has 2 aliphatic rings. The van der Waals surface area contributed by atoms with Crippen molar-refractivity contribution in [3.63, 3.8) is 0 Å². The van der Waals surface area contributed by atoms with Crippen LogP contribution in [0.5, 0.6) is 0 Å². The molecule has 0 saturated carbocycles. The minimum absolute atomic E-state index is 0. The highest BCUT2D eigenvalue weighted by atomic mass is 35.5. The summed E-state index contributed by atoms with van der Waals surface area (Å²) < 4.78 is 0. The van der Waals surface area contributed by atoms with Crippen LogP contribution in [0.1, 0.15) is 32.6 Å². The van der Waals surface area contributed by atoms with Crippen LogP contribution in [-0.4, -0.2) is 73.6 Å². The summed E-state index contributed by atoms with van der Waals surface area (Å²) in [6.07, 6.45) is 4.93. The molecule has 130 valence electrons. The van der Waals surface area contributed by atoms with E-state index in [0.717, 1.165) is 37.8 Å². The van der Waals surface area contributed by atoms with Gasteiger partial charge in [0.25, 0.3) is 5.91 Å². The number of carbonyl (C=O) groups excluding carboxylic acids is 1. The molecular formula is C16H33ClN4O. The van der Waals surface area contributed by atoms with Crippen LogP contribution in [0, 0.1) is 11.8 Å². The van der Waals surface area contributed by atoms with Gasteiger partial charge in [-0.05, 0) is 78.7 Å². The molecule has 2 heterocycles. The second kappa shape index (κ2) is 7.95. The fraction of sp³-hybridized carbons (Fsp3) is 0.938. The van der Waals surface area contributed by atoms with E-state index >= 15 is 0 Å². The van der Waals surface area contributed by atoms with Crippen LogP contribution in [0.2, 0.25) is 0 Å². The quantitative estimate of drug-likeness (QED) is 0.790. The minimum Gasteiger partial charge on any atom is -0.340 e. The molecule has 0 unspecified atom stereocenters. The number of nitrogens with zero attached hydrogens (tertiary/aromatic N) is 3. The van der Waals surface area contributed by atoms with Crippen LogP contribution in [0.3, 0.4) is 0 Å². The minimum atomic E-state index is -0.889. The first-order chi connectivity index (χ1) is 9.82. The second-order valence-corrected chi connectivity index (χ2v) is 7.31. The largest absolute Gasteiger partial charge is 0.340 e. The number of nitrogens with two attached hydrogens (primary N) is 1. The first-order valence-electron chi connectivity index (χ1n) is 8.26. The Hall–Kier alpha value is -0.360. The molecule has 0 aromatic rings. The number of carbonyl (C=O) groups is 1. The van der Waals surface area contributed by atoms with Gasteiger partial charge in [0, 0.05) is 13.1 Å². The van der Waals surface area contributed by atoms with Gasteiger partial charge in [0.15, 0.2) is 0 Å². The molecule has 0 radical (unpaired) electrons. The van der Waals surface area contributed by atoms with Gasteiger partial charge in [0.1, 0.15) is 5.66 Å². The van der Waals surface area contributed by atoms with Crippen molar-refractivity contribution in [1.82, 2.24) is 14.7 Å². The van der Waals surface area contributed by atoms with Gasteiger partial charge in [-0.2, -0.15) is 0 Å². The van der Waals surface area contributed by atoms with E-state index in [9.17, 15) is 4.79 Å². The lowest BCUT2D eigenvalue weighted by Gasteiger charge is -2.42. The number of hydrogen-bond acceptors (Lipinski definition) is 4. The van der Waals surface area contributed by atoms with Crippen molar-refractivity contribution >= 4 is 18.3 Å². The van der Waals surface area contributed by atoms with Crippen LogP contribution in [0.4, 0.5) is 0 Å². The van der Waals surface area contributed by atoms with E-state index in [2.05, 4.69) is 11.9 Å². The third-order valence-electron chi connectivity index (χ3n) is 5.62. The van der Waals surface area contributed by atoms with Gasteiger partial charge in [-0.3, -0.25) is 9.69 Å². The van der Waals surface area contributed by atoms with Crippen molar-refractivity contribution in [3.05, 3.63) is 0 Å². The molecule has 0 aromatic carbocycles. The molecule has 5 nitrogen and oxygen atoms in total. The number of amides is 1. The summed E-state index contributed by atoms with van der Waals surface area (Å²) in [5.41, 5.74) is 5.27. The van der Waals surface area contributed by atoms with Crippen molar-refractivity contribution in [2.75, 3.05) is 47.3 Å². The van der Waals surface area contributed by atoms with E-state index in [1.54, 1.807) is 11.8 Å². The van der Waals surface area contributed by atoms with Crippen LogP contribution >= 0.6 is 12.4 Å². The van der Waals surface area contributed by atoms with E-state index in [-0.39, 0.29) is 18.3 Å². The Morgan fingerprint density at radius 3 is 1.86 bits per heavy atom. The van der Waals surface area contributed by atoms with Crippen molar-refractivity contribution in [2.24, 2.45) is 17.6 Å². The number of halogens is 1. The zero-order chi connectivity index (χ0) is 15.6. The fourth-order valence-corrected chi connectivity index (χ4v) is 3.59. The zero-order valence-corrected chi connectivity index (χ0v) is 15.4. The number of likely N-dealkylation sites (N-methyl/N-ethyl adjacent to an activating group) is 1. The van der Waals surface area contributed by atoms with E-state index in [1.807, 2.05) is 19.0 Å². The Morgan fingerprint density at radius 1 is 1.05 bits per heavy atom. The summed E-state index contributed by atoms with van der Waals surface area (Å²) in [7, 11) is 5.94. The normalized spacial score (nSPS) is 24.9. The smallest absolute Gasteiger partial charge is 0.257 e. The molecule has 6 heteroatoms. The average Bonchev–Trinajstić information content (AvgIpc) is 2.47. The highest BCUT2D eigenvalue weighted by Crippen LogP contribution is 2.32. The molecular weight excluding hydrogens is 300 g/mol. The summed E-state index contributed by atoms with van der Waals surface area (Å²) >= 11 is 0. The van der Waals surface area contributed by atoms with Gasteiger partial charge in [-0.1, -0.05) is 0 Å². The van der Waals surface area contributed by atoms with E-state index in [1.165, 1.54) is 25.9 Å². The van der Waals surface area contributed by atoms with Crippen molar-refractivity contribution in [3.8, 4) is 0 Å².